The zero-order valence-corrected chi connectivity index (χ0v) is 9.66. The van der Waals surface area contributed by atoms with Gasteiger partial charge in [-0.2, -0.15) is 0 Å². The van der Waals surface area contributed by atoms with Crippen LogP contribution < -0.4 is 0 Å². The van der Waals surface area contributed by atoms with Gasteiger partial charge < -0.3 is 4.42 Å². The average Bonchev–Trinajstić information content (AvgIpc) is 2.77. The van der Waals surface area contributed by atoms with Crippen molar-refractivity contribution in [2.45, 2.75) is 46.0 Å². The van der Waals surface area contributed by atoms with Gasteiger partial charge in [-0.1, -0.05) is 33.1 Å². The van der Waals surface area contributed by atoms with Crippen LogP contribution in [-0.2, 0) is 0 Å². The molecule has 0 saturated heterocycles. The zero-order chi connectivity index (χ0) is 11.1. The molecule has 0 atom stereocenters. The number of rotatable bonds is 7. The third-order valence-corrected chi connectivity index (χ3v) is 2.97. The summed E-state index contributed by atoms with van der Waals surface area (Å²) >= 11 is 0. The van der Waals surface area contributed by atoms with E-state index in [0.29, 0.717) is 12.2 Å². The van der Waals surface area contributed by atoms with Crippen LogP contribution in [0.25, 0.3) is 0 Å². The second kappa shape index (κ2) is 6.44. The van der Waals surface area contributed by atoms with Crippen LogP contribution >= 0.6 is 0 Å². The fourth-order valence-corrected chi connectivity index (χ4v) is 1.81. The monoisotopic (exact) mass is 208 g/mol. The van der Waals surface area contributed by atoms with Gasteiger partial charge in [0, 0.05) is 6.42 Å². The van der Waals surface area contributed by atoms with E-state index in [1.54, 1.807) is 18.4 Å². The Kier molecular flexibility index (Phi) is 5.16. The minimum absolute atomic E-state index is 0.131. The SMILES string of the molecule is CCC(CC)CCCC(=O)c1ccco1. The quantitative estimate of drug-likeness (QED) is 0.632. The van der Waals surface area contributed by atoms with Crippen molar-refractivity contribution in [1.82, 2.24) is 0 Å². The lowest BCUT2D eigenvalue weighted by Gasteiger charge is -2.10. The van der Waals surface area contributed by atoms with E-state index >= 15 is 0 Å². The third-order valence-electron chi connectivity index (χ3n) is 2.97. The van der Waals surface area contributed by atoms with Crippen molar-refractivity contribution in [2.75, 3.05) is 0 Å². The molecule has 0 bridgehead atoms. The Bertz CT molecular complexity index is 271. The largest absolute Gasteiger partial charge is 0.461 e. The van der Waals surface area contributed by atoms with E-state index in [1.165, 1.54) is 12.8 Å². The highest BCUT2D eigenvalue weighted by Gasteiger charge is 2.09. The lowest BCUT2D eigenvalue weighted by molar-refractivity contribution is 0.0950. The predicted molar refractivity (Wildman–Crippen MR) is 61.0 cm³/mol. The summed E-state index contributed by atoms with van der Waals surface area (Å²) in [5, 5.41) is 0. The Morgan fingerprint density at radius 2 is 2.13 bits per heavy atom. The Labute approximate surface area is 91.7 Å². The third kappa shape index (κ3) is 3.90. The summed E-state index contributed by atoms with van der Waals surface area (Å²) in [6.45, 7) is 4.42. The maximum Gasteiger partial charge on any atom is 0.197 e. The van der Waals surface area contributed by atoms with E-state index in [-0.39, 0.29) is 5.78 Å². The van der Waals surface area contributed by atoms with Crippen molar-refractivity contribution in [3.8, 4) is 0 Å². The zero-order valence-electron chi connectivity index (χ0n) is 9.66. The summed E-state index contributed by atoms with van der Waals surface area (Å²) in [6.07, 6.45) is 6.72. The molecule has 1 heterocycles. The summed E-state index contributed by atoms with van der Waals surface area (Å²) in [5.41, 5.74) is 0. The first kappa shape index (κ1) is 12.0. The van der Waals surface area contributed by atoms with E-state index in [9.17, 15) is 4.79 Å². The standard InChI is InChI=1S/C13H20O2/c1-3-11(4-2)7-5-8-12(14)13-9-6-10-15-13/h6,9-11H,3-5,7-8H2,1-2H3. The topological polar surface area (TPSA) is 30.2 Å². The Morgan fingerprint density at radius 3 is 2.67 bits per heavy atom. The molecule has 0 spiro atoms. The highest BCUT2D eigenvalue weighted by atomic mass is 16.3. The molecule has 0 fully saturated rings. The van der Waals surface area contributed by atoms with E-state index in [4.69, 9.17) is 4.42 Å². The predicted octanol–water partition coefficient (Wildman–Crippen LogP) is 4.07. The number of carbonyl (C=O) groups excluding carboxylic acids is 1. The van der Waals surface area contributed by atoms with E-state index < -0.39 is 0 Å². The van der Waals surface area contributed by atoms with Crippen LogP contribution in [0.15, 0.2) is 22.8 Å². The number of carbonyl (C=O) groups is 1. The van der Waals surface area contributed by atoms with Crippen LogP contribution in [0.5, 0.6) is 0 Å². The minimum Gasteiger partial charge on any atom is -0.461 e. The van der Waals surface area contributed by atoms with Gasteiger partial charge in [0.15, 0.2) is 11.5 Å². The van der Waals surface area contributed by atoms with Crippen molar-refractivity contribution < 1.29 is 9.21 Å². The molecule has 2 heteroatoms. The van der Waals surface area contributed by atoms with Crippen LogP contribution in [0.3, 0.4) is 0 Å². The molecule has 0 aliphatic heterocycles. The second-order valence-corrected chi connectivity index (χ2v) is 3.98. The molecule has 2 nitrogen and oxygen atoms in total. The van der Waals surface area contributed by atoms with Gasteiger partial charge in [0.05, 0.1) is 6.26 Å². The first-order chi connectivity index (χ1) is 7.27. The lowest BCUT2D eigenvalue weighted by Crippen LogP contribution is -2.01. The molecule has 0 aliphatic carbocycles. The highest BCUT2D eigenvalue weighted by molar-refractivity contribution is 5.93. The van der Waals surface area contributed by atoms with Crippen molar-refractivity contribution in [3.63, 3.8) is 0 Å². The van der Waals surface area contributed by atoms with Crippen molar-refractivity contribution in [3.05, 3.63) is 24.2 Å². The molecule has 0 amide bonds. The Hall–Kier alpha value is -1.05. The number of ketones is 1. The van der Waals surface area contributed by atoms with Crippen molar-refractivity contribution in [2.24, 2.45) is 5.92 Å². The summed E-state index contributed by atoms with van der Waals surface area (Å²) in [4.78, 5) is 11.6. The number of furan rings is 1. The summed E-state index contributed by atoms with van der Waals surface area (Å²) < 4.78 is 5.06. The van der Waals surface area contributed by atoms with E-state index in [1.807, 2.05) is 0 Å². The molecule has 1 aromatic heterocycles. The fourth-order valence-electron chi connectivity index (χ4n) is 1.81. The Morgan fingerprint density at radius 1 is 1.40 bits per heavy atom. The molecule has 0 radical (unpaired) electrons. The molecule has 0 aromatic carbocycles. The van der Waals surface area contributed by atoms with Crippen LogP contribution in [0.4, 0.5) is 0 Å². The molecule has 84 valence electrons. The second-order valence-electron chi connectivity index (χ2n) is 3.98. The highest BCUT2D eigenvalue weighted by Crippen LogP contribution is 2.17. The van der Waals surface area contributed by atoms with Gasteiger partial charge in [-0.3, -0.25) is 4.79 Å². The van der Waals surface area contributed by atoms with E-state index in [0.717, 1.165) is 18.8 Å². The number of hydrogen-bond donors (Lipinski definition) is 0. The van der Waals surface area contributed by atoms with Gasteiger partial charge in [0.2, 0.25) is 0 Å². The van der Waals surface area contributed by atoms with Gasteiger partial charge in [0.25, 0.3) is 0 Å². The van der Waals surface area contributed by atoms with Gasteiger partial charge in [-0.25, -0.2) is 0 Å². The van der Waals surface area contributed by atoms with Crippen LogP contribution in [0, 0.1) is 5.92 Å². The molecule has 1 rings (SSSR count). The number of Topliss-reactive ketones (excluding diaryl/α,β-unsaturated/α-hetero) is 1. The van der Waals surface area contributed by atoms with Crippen molar-refractivity contribution >= 4 is 5.78 Å². The Balaban J connectivity index is 2.23. The normalized spacial score (nSPS) is 10.9. The van der Waals surface area contributed by atoms with Crippen LogP contribution in [0.2, 0.25) is 0 Å². The summed E-state index contributed by atoms with van der Waals surface area (Å²) in [7, 11) is 0. The van der Waals surface area contributed by atoms with Crippen LogP contribution in [0.1, 0.15) is 56.5 Å². The van der Waals surface area contributed by atoms with Gasteiger partial charge in [0.1, 0.15) is 0 Å². The first-order valence-corrected chi connectivity index (χ1v) is 5.84. The molecular weight excluding hydrogens is 188 g/mol. The molecule has 0 aliphatic rings. The first-order valence-electron chi connectivity index (χ1n) is 5.84. The fraction of sp³-hybridized carbons (Fsp3) is 0.615. The maximum atomic E-state index is 11.6. The molecule has 0 unspecified atom stereocenters. The average molecular weight is 208 g/mol. The summed E-state index contributed by atoms with van der Waals surface area (Å²) in [5.74, 6) is 1.40. The van der Waals surface area contributed by atoms with Gasteiger partial charge in [-0.15, -0.1) is 0 Å². The van der Waals surface area contributed by atoms with Crippen molar-refractivity contribution in [1.29, 1.82) is 0 Å². The molecular formula is C13H20O2. The lowest BCUT2D eigenvalue weighted by atomic mass is 9.96. The molecule has 0 saturated carbocycles. The minimum atomic E-state index is 0.131. The smallest absolute Gasteiger partial charge is 0.197 e. The van der Waals surface area contributed by atoms with Gasteiger partial charge >= 0.3 is 0 Å². The number of hydrogen-bond acceptors (Lipinski definition) is 2. The maximum absolute atomic E-state index is 11.6. The molecule has 1 aromatic rings. The van der Waals surface area contributed by atoms with Crippen LogP contribution in [-0.4, -0.2) is 5.78 Å². The molecule has 15 heavy (non-hydrogen) atoms. The van der Waals surface area contributed by atoms with E-state index in [2.05, 4.69) is 13.8 Å². The summed E-state index contributed by atoms with van der Waals surface area (Å²) in [6, 6.07) is 3.49. The van der Waals surface area contributed by atoms with Gasteiger partial charge in [-0.05, 0) is 24.5 Å². The molecule has 0 N–H and O–H groups in total.